The van der Waals surface area contributed by atoms with E-state index in [9.17, 15) is 8.78 Å². The maximum absolute atomic E-state index is 12.9. The normalized spacial score (nSPS) is 16.1. The Labute approximate surface area is 200 Å². The van der Waals surface area contributed by atoms with E-state index in [0.717, 1.165) is 26.1 Å². The SMILES string of the molecule is CCNC(=NCc1cccc(OCC)c1OC(F)F)NCC1(N(C)C)CCOCC1.I. The molecule has 1 heterocycles. The maximum Gasteiger partial charge on any atom is 0.387 e. The summed E-state index contributed by atoms with van der Waals surface area (Å²) in [5.41, 5.74) is 0.514. The lowest BCUT2D eigenvalue weighted by molar-refractivity contribution is -0.0520. The first kappa shape index (κ1) is 27.6. The van der Waals surface area contributed by atoms with Crippen LogP contribution in [0.2, 0.25) is 0 Å². The Bertz CT molecular complexity index is 687. The number of halogens is 3. The second-order valence-corrected chi connectivity index (χ2v) is 7.34. The fourth-order valence-corrected chi connectivity index (χ4v) is 3.47. The Balaban J connectivity index is 0.00000480. The van der Waals surface area contributed by atoms with Gasteiger partial charge in [0.2, 0.25) is 0 Å². The standard InChI is InChI=1S/C21H34F2N4O3.HI/c1-5-24-20(26-15-21(27(3)4)10-12-28-13-11-21)25-14-16-8-7-9-17(29-6-2)18(16)30-19(22)23;/h7-9,19H,5-6,10-15H2,1-4H3,(H2,24,25,26);1H. The molecule has 2 rings (SSSR count). The van der Waals surface area contributed by atoms with Crippen LogP contribution in [0, 0.1) is 0 Å². The van der Waals surface area contributed by atoms with Crippen LogP contribution in [0.15, 0.2) is 23.2 Å². The second-order valence-electron chi connectivity index (χ2n) is 7.34. The van der Waals surface area contributed by atoms with Gasteiger partial charge in [-0.15, -0.1) is 24.0 Å². The zero-order valence-corrected chi connectivity index (χ0v) is 21.1. The number of nitrogens with zero attached hydrogens (tertiary/aromatic N) is 2. The lowest BCUT2D eigenvalue weighted by atomic mass is 9.88. The zero-order valence-electron chi connectivity index (χ0n) is 18.7. The van der Waals surface area contributed by atoms with Gasteiger partial charge in [0.1, 0.15) is 0 Å². The number of likely N-dealkylation sites (N-methyl/N-ethyl adjacent to an activating group) is 1. The minimum atomic E-state index is -2.94. The van der Waals surface area contributed by atoms with Crippen LogP contribution < -0.4 is 20.1 Å². The highest BCUT2D eigenvalue weighted by Gasteiger charge is 2.34. The second kappa shape index (κ2) is 13.9. The van der Waals surface area contributed by atoms with Gasteiger partial charge in [0.15, 0.2) is 17.5 Å². The molecule has 1 saturated heterocycles. The van der Waals surface area contributed by atoms with Gasteiger partial charge in [-0.1, -0.05) is 12.1 Å². The predicted molar refractivity (Wildman–Crippen MR) is 129 cm³/mol. The molecular formula is C21H35F2IN4O3. The third-order valence-electron chi connectivity index (χ3n) is 5.28. The molecule has 1 fully saturated rings. The molecule has 1 aromatic carbocycles. The molecular weight excluding hydrogens is 521 g/mol. The first-order valence-electron chi connectivity index (χ1n) is 10.4. The van der Waals surface area contributed by atoms with Crippen LogP contribution in [-0.2, 0) is 11.3 Å². The summed E-state index contributed by atoms with van der Waals surface area (Å²) >= 11 is 0. The summed E-state index contributed by atoms with van der Waals surface area (Å²) in [7, 11) is 4.15. The highest BCUT2D eigenvalue weighted by Crippen LogP contribution is 2.33. The van der Waals surface area contributed by atoms with E-state index in [0.29, 0.717) is 31.2 Å². The lowest BCUT2D eigenvalue weighted by Gasteiger charge is -2.43. The Kier molecular flexibility index (Phi) is 12.4. The van der Waals surface area contributed by atoms with E-state index in [1.54, 1.807) is 25.1 Å². The summed E-state index contributed by atoms with van der Waals surface area (Å²) < 4.78 is 41.6. The predicted octanol–water partition coefficient (Wildman–Crippen LogP) is 3.47. The van der Waals surface area contributed by atoms with E-state index >= 15 is 0 Å². The van der Waals surface area contributed by atoms with Crippen LogP contribution in [-0.4, -0.2) is 70.0 Å². The van der Waals surface area contributed by atoms with Gasteiger partial charge in [0.05, 0.1) is 13.2 Å². The third kappa shape index (κ3) is 8.23. The van der Waals surface area contributed by atoms with Crippen molar-refractivity contribution in [2.45, 2.75) is 45.4 Å². The zero-order chi connectivity index (χ0) is 22.0. The summed E-state index contributed by atoms with van der Waals surface area (Å²) in [5.74, 6) is 0.940. The number of guanidine groups is 1. The maximum atomic E-state index is 12.9. The third-order valence-corrected chi connectivity index (χ3v) is 5.28. The molecule has 10 heteroatoms. The molecule has 0 aromatic heterocycles. The van der Waals surface area contributed by atoms with Crippen molar-refractivity contribution in [3.63, 3.8) is 0 Å². The van der Waals surface area contributed by atoms with Crippen LogP contribution in [0.25, 0.3) is 0 Å². The van der Waals surface area contributed by atoms with Crippen molar-refractivity contribution < 1.29 is 23.0 Å². The van der Waals surface area contributed by atoms with E-state index in [1.807, 2.05) is 6.92 Å². The van der Waals surface area contributed by atoms with Crippen molar-refractivity contribution in [1.82, 2.24) is 15.5 Å². The Hall–Kier alpha value is -1.40. The van der Waals surface area contributed by atoms with E-state index in [2.05, 4.69) is 34.6 Å². The summed E-state index contributed by atoms with van der Waals surface area (Å²) in [6.07, 6.45) is 1.85. The van der Waals surface area contributed by atoms with Crippen molar-refractivity contribution in [3.8, 4) is 11.5 Å². The van der Waals surface area contributed by atoms with Crippen molar-refractivity contribution >= 4 is 29.9 Å². The molecule has 31 heavy (non-hydrogen) atoms. The fourth-order valence-electron chi connectivity index (χ4n) is 3.47. The highest BCUT2D eigenvalue weighted by molar-refractivity contribution is 14.0. The van der Waals surface area contributed by atoms with Crippen LogP contribution >= 0.6 is 24.0 Å². The lowest BCUT2D eigenvalue weighted by Crippen LogP contribution is -2.57. The molecule has 0 saturated carbocycles. The summed E-state index contributed by atoms with van der Waals surface area (Å²) in [4.78, 5) is 6.82. The van der Waals surface area contributed by atoms with E-state index in [1.165, 1.54) is 0 Å². The highest BCUT2D eigenvalue weighted by atomic mass is 127. The molecule has 0 atom stereocenters. The molecule has 0 amide bonds. The molecule has 1 aliphatic rings. The number of hydrogen-bond donors (Lipinski definition) is 2. The van der Waals surface area contributed by atoms with Crippen molar-refractivity contribution in [2.24, 2.45) is 4.99 Å². The smallest absolute Gasteiger partial charge is 0.387 e. The Morgan fingerprint density at radius 1 is 1.23 bits per heavy atom. The number of benzene rings is 1. The molecule has 0 spiro atoms. The average molecular weight is 556 g/mol. The van der Waals surface area contributed by atoms with Crippen molar-refractivity contribution in [3.05, 3.63) is 23.8 Å². The molecule has 0 aliphatic carbocycles. The molecule has 1 aliphatic heterocycles. The number of ether oxygens (including phenoxy) is 3. The van der Waals surface area contributed by atoms with E-state index in [4.69, 9.17) is 14.2 Å². The van der Waals surface area contributed by atoms with Crippen LogP contribution in [0.5, 0.6) is 11.5 Å². The van der Waals surface area contributed by atoms with Gasteiger partial charge >= 0.3 is 6.61 Å². The van der Waals surface area contributed by atoms with Gasteiger partial charge < -0.3 is 29.7 Å². The molecule has 7 nitrogen and oxygen atoms in total. The largest absolute Gasteiger partial charge is 0.490 e. The molecule has 2 N–H and O–H groups in total. The molecule has 1 aromatic rings. The van der Waals surface area contributed by atoms with Crippen LogP contribution in [0.1, 0.15) is 32.3 Å². The van der Waals surface area contributed by atoms with E-state index in [-0.39, 0.29) is 47.6 Å². The molecule has 0 unspecified atom stereocenters. The van der Waals surface area contributed by atoms with E-state index < -0.39 is 6.61 Å². The van der Waals surface area contributed by atoms with Gasteiger partial charge in [-0.3, -0.25) is 0 Å². The number of aliphatic imine (C=N–C) groups is 1. The van der Waals surface area contributed by atoms with Gasteiger partial charge in [-0.25, -0.2) is 4.99 Å². The van der Waals surface area contributed by atoms with Gasteiger partial charge in [0, 0.05) is 37.4 Å². The number of hydrogen-bond acceptors (Lipinski definition) is 5. The molecule has 0 radical (unpaired) electrons. The van der Waals surface area contributed by atoms with Gasteiger partial charge in [-0.2, -0.15) is 8.78 Å². The monoisotopic (exact) mass is 556 g/mol. The van der Waals surface area contributed by atoms with Crippen LogP contribution in [0.4, 0.5) is 8.78 Å². The average Bonchev–Trinajstić information content (AvgIpc) is 2.72. The Morgan fingerprint density at radius 2 is 1.94 bits per heavy atom. The minimum absolute atomic E-state index is 0. The molecule has 178 valence electrons. The Morgan fingerprint density at radius 3 is 2.52 bits per heavy atom. The summed E-state index contributed by atoms with van der Waals surface area (Å²) in [5, 5.41) is 6.62. The van der Waals surface area contributed by atoms with Crippen LogP contribution in [0.3, 0.4) is 0 Å². The topological polar surface area (TPSA) is 67.4 Å². The minimum Gasteiger partial charge on any atom is -0.490 e. The molecule has 0 bridgehead atoms. The number of alkyl halides is 2. The van der Waals surface area contributed by atoms with Crippen molar-refractivity contribution in [1.29, 1.82) is 0 Å². The number of para-hydroxylation sites is 1. The first-order valence-corrected chi connectivity index (χ1v) is 10.4. The van der Waals surface area contributed by atoms with Gasteiger partial charge in [-0.05, 0) is 46.9 Å². The van der Waals surface area contributed by atoms with Crippen molar-refractivity contribution in [2.75, 3.05) is 47.0 Å². The number of rotatable bonds is 10. The summed E-state index contributed by atoms with van der Waals surface area (Å²) in [6.45, 7) is 4.21. The first-order chi connectivity index (χ1) is 14.4. The number of nitrogens with one attached hydrogen (secondary N) is 2. The fraction of sp³-hybridized carbons (Fsp3) is 0.667. The van der Waals surface area contributed by atoms with Gasteiger partial charge in [0.25, 0.3) is 0 Å². The summed E-state index contributed by atoms with van der Waals surface area (Å²) in [6, 6.07) is 5.08. The quantitative estimate of drug-likeness (QED) is 0.262.